The summed E-state index contributed by atoms with van der Waals surface area (Å²) in [5, 5.41) is 4.13. The van der Waals surface area contributed by atoms with Crippen LogP contribution in [0.1, 0.15) is 18.9 Å². The Bertz CT molecular complexity index is 407. The number of amides is 1. The minimum atomic E-state index is 0.189. The highest BCUT2D eigenvalue weighted by Gasteiger charge is 2.25. The van der Waals surface area contributed by atoms with Crippen molar-refractivity contribution >= 4 is 17.2 Å². The molecular weight excluding hydrogens is 258 g/mol. The summed E-state index contributed by atoms with van der Waals surface area (Å²) in [6, 6.07) is 2.35. The summed E-state index contributed by atoms with van der Waals surface area (Å²) >= 11 is 1.67. The number of carbonyl (C=O) groups excluding carboxylic acids is 1. The van der Waals surface area contributed by atoms with Crippen molar-refractivity contribution in [1.82, 2.24) is 9.80 Å². The van der Waals surface area contributed by atoms with Crippen LogP contribution in [0.2, 0.25) is 0 Å². The third kappa shape index (κ3) is 4.03. The van der Waals surface area contributed by atoms with Gasteiger partial charge < -0.3 is 10.6 Å². The normalized spacial score (nSPS) is 24.4. The molecule has 2 atom stereocenters. The molecular formula is C14H23N3OS. The summed E-state index contributed by atoms with van der Waals surface area (Å²) in [6.45, 7) is 5.24. The van der Waals surface area contributed by atoms with Gasteiger partial charge in [-0.15, -0.1) is 0 Å². The summed E-state index contributed by atoms with van der Waals surface area (Å²) in [5.41, 5.74) is 7.20. The standard InChI is InChI=1S/C14H23N3OS/c1-11-7-17(5-3-13(11)15)9-14(18)16(2)8-12-4-6-19-10-12/h4,6,10-11,13H,3,5,7-9,15H2,1-2H3. The van der Waals surface area contributed by atoms with Crippen molar-refractivity contribution in [3.63, 3.8) is 0 Å². The van der Waals surface area contributed by atoms with E-state index in [0.717, 1.165) is 19.5 Å². The number of carbonyl (C=O) groups is 1. The molecule has 0 saturated carbocycles. The number of likely N-dealkylation sites (tertiary alicyclic amines) is 1. The van der Waals surface area contributed by atoms with Crippen LogP contribution in [0, 0.1) is 5.92 Å². The van der Waals surface area contributed by atoms with Crippen LogP contribution in [0.15, 0.2) is 16.8 Å². The molecule has 5 heteroatoms. The Hall–Kier alpha value is -0.910. The van der Waals surface area contributed by atoms with Crippen LogP contribution < -0.4 is 5.73 Å². The number of piperidine rings is 1. The monoisotopic (exact) mass is 281 g/mol. The zero-order chi connectivity index (χ0) is 13.8. The van der Waals surface area contributed by atoms with Crippen LogP contribution in [0.3, 0.4) is 0 Å². The second-order valence-electron chi connectivity index (χ2n) is 5.55. The Morgan fingerprint density at radius 1 is 1.63 bits per heavy atom. The number of nitrogens with zero attached hydrogens (tertiary/aromatic N) is 2. The topological polar surface area (TPSA) is 49.6 Å². The van der Waals surface area contributed by atoms with Gasteiger partial charge in [0.05, 0.1) is 6.54 Å². The lowest BCUT2D eigenvalue weighted by Gasteiger charge is -2.35. The minimum absolute atomic E-state index is 0.189. The molecule has 1 amide bonds. The lowest BCUT2D eigenvalue weighted by molar-refractivity contribution is -0.132. The minimum Gasteiger partial charge on any atom is -0.340 e. The number of thiophene rings is 1. The van der Waals surface area contributed by atoms with Crippen molar-refractivity contribution in [3.8, 4) is 0 Å². The van der Waals surface area contributed by atoms with Gasteiger partial charge in [-0.3, -0.25) is 9.69 Å². The molecule has 0 aliphatic carbocycles. The molecule has 2 N–H and O–H groups in total. The van der Waals surface area contributed by atoms with Gasteiger partial charge in [-0.25, -0.2) is 0 Å². The molecule has 1 aliphatic rings. The maximum Gasteiger partial charge on any atom is 0.236 e. The van der Waals surface area contributed by atoms with Crippen LogP contribution in [0.25, 0.3) is 0 Å². The predicted molar refractivity (Wildman–Crippen MR) is 79.0 cm³/mol. The highest BCUT2D eigenvalue weighted by atomic mass is 32.1. The van der Waals surface area contributed by atoms with Crippen LogP contribution in [0.5, 0.6) is 0 Å². The van der Waals surface area contributed by atoms with Crippen molar-refractivity contribution in [2.24, 2.45) is 11.7 Å². The molecule has 0 spiro atoms. The lowest BCUT2D eigenvalue weighted by atomic mass is 9.95. The highest BCUT2D eigenvalue weighted by Crippen LogP contribution is 2.15. The highest BCUT2D eigenvalue weighted by molar-refractivity contribution is 7.07. The number of nitrogens with two attached hydrogens (primary N) is 1. The first-order valence-electron chi connectivity index (χ1n) is 6.79. The number of rotatable bonds is 4. The van der Waals surface area contributed by atoms with E-state index in [9.17, 15) is 4.79 Å². The molecule has 0 aromatic carbocycles. The zero-order valence-corrected chi connectivity index (χ0v) is 12.5. The molecule has 0 bridgehead atoms. The van der Waals surface area contributed by atoms with Crippen molar-refractivity contribution in [1.29, 1.82) is 0 Å². The third-order valence-corrected chi connectivity index (χ3v) is 4.57. The Balaban J connectivity index is 1.80. The predicted octanol–water partition coefficient (Wildman–Crippen LogP) is 1.38. The van der Waals surface area contributed by atoms with Crippen LogP contribution in [-0.4, -0.2) is 48.4 Å². The molecule has 1 aliphatic heterocycles. The first-order valence-corrected chi connectivity index (χ1v) is 7.73. The average Bonchev–Trinajstić information content (AvgIpc) is 2.86. The Morgan fingerprint density at radius 3 is 3.05 bits per heavy atom. The fourth-order valence-electron chi connectivity index (χ4n) is 2.45. The fourth-order valence-corrected chi connectivity index (χ4v) is 3.11. The summed E-state index contributed by atoms with van der Waals surface area (Å²) in [4.78, 5) is 16.2. The molecule has 19 heavy (non-hydrogen) atoms. The van der Waals surface area contributed by atoms with Gasteiger partial charge >= 0.3 is 0 Å². The summed E-state index contributed by atoms with van der Waals surface area (Å²) in [6.07, 6.45) is 0.989. The second kappa shape index (κ2) is 6.50. The summed E-state index contributed by atoms with van der Waals surface area (Å²) in [7, 11) is 1.87. The number of hydrogen-bond donors (Lipinski definition) is 1. The zero-order valence-electron chi connectivity index (χ0n) is 11.7. The van der Waals surface area contributed by atoms with Gasteiger partial charge in [0, 0.05) is 32.7 Å². The first kappa shape index (κ1) is 14.5. The van der Waals surface area contributed by atoms with E-state index in [4.69, 9.17) is 5.73 Å². The van der Waals surface area contributed by atoms with E-state index in [1.54, 1.807) is 16.2 Å². The van der Waals surface area contributed by atoms with E-state index in [-0.39, 0.29) is 11.9 Å². The molecule has 2 rings (SSSR count). The Morgan fingerprint density at radius 2 is 2.42 bits per heavy atom. The van der Waals surface area contributed by atoms with Crippen molar-refractivity contribution < 1.29 is 4.79 Å². The van der Waals surface area contributed by atoms with E-state index < -0.39 is 0 Å². The fraction of sp³-hybridized carbons (Fsp3) is 0.643. The van der Waals surface area contributed by atoms with E-state index in [2.05, 4.69) is 23.3 Å². The summed E-state index contributed by atoms with van der Waals surface area (Å²) in [5.74, 6) is 0.664. The third-order valence-electron chi connectivity index (χ3n) is 3.84. The molecule has 106 valence electrons. The SMILES string of the molecule is CC1CN(CC(=O)N(C)Cc2ccsc2)CCC1N. The number of likely N-dealkylation sites (N-methyl/N-ethyl adjacent to an activating group) is 1. The molecule has 1 aromatic rings. The number of hydrogen-bond acceptors (Lipinski definition) is 4. The van der Waals surface area contributed by atoms with Crippen LogP contribution in [-0.2, 0) is 11.3 Å². The Labute approximate surface area is 119 Å². The second-order valence-corrected chi connectivity index (χ2v) is 6.33. The first-order chi connectivity index (χ1) is 9.06. The lowest BCUT2D eigenvalue weighted by Crippen LogP contribution is -2.49. The van der Waals surface area contributed by atoms with Gasteiger partial charge in [-0.1, -0.05) is 6.92 Å². The average molecular weight is 281 g/mol. The molecule has 1 aromatic heterocycles. The van der Waals surface area contributed by atoms with E-state index >= 15 is 0 Å². The molecule has 2 unspecified atom stereocenters. The molecule has 1 saturated heterocycles. The Kier molecular flexibility index (Phi) is 4.96. The van der Waals surface area contributed by atoms with Crippen LogP contribution >= 0.6 is 11.3 Å². The van der Waals surface area contributed by atoms with E-state index in [1.807, 2.05) is 12.4 Å². The van der Waals surface area contributed by atoms with Crippen LogP contribution in [0.4, 0.5) is 0 Å². The van der Waals surface area contributed by atoms with Crippen molar-refractivity contribution in [2.75, 3.05) is 26.7 Å². The summed E-state index contributed by atoms with van der Waals surface area (Å²) < 4.78 is 0. The quantitative estimate of drug-likeness (QED) is 0.907. The van der Waals surface area contributed by atoms with E-state index in [0.29, 0.717) is 19.0 Å². The maximum absolute atomic E-state index is 12.2. The van der Waals surface area contributed by atoms with Gasteiger partial charge in [-0.2, -0.15) is 11.3 Å². The van der Waals surface area contributed by atoms with Gasteiger partial charge in [0.2, 0.25) is 5.91 Å². The molecule has 2 heterocycles. The largest absolute Gasteiger partial charge is 0.340 e. The van der Waals surface area contributed by atoms with Gasteiger partial charge in [0.1, 0.15) is 0 Å². The smallest absolute Gasteiger partial charge is 0.236 e. The van der Waals surface area contributed by atoms with Gasteiger partial charge in [0.15, 0.2) is 0 Å². The molecule has 1 fully saturated rings. The van der Waals surface area contributed by atoms with Gasteiger partial charge in [-0.05, 0) is 34.7 Å². The van der Waals surface area contributed by atoms with Crippen molar-refractivity contribution in [3.05, 3.63) is 22.4 Å². The van der Waals surface area contributed by atoms with Gasteiger partial charge in [0.25, 0.3) is 0 Å². The molecule has 4 nitrogen and oxygen atoms in total. The molecule has 0 radical (unpaired) electrons. The maximum atomic E-state index is 12.2. The van der Waals surface area contributed by atoms with Crippen molar-refractivity contribution in [2.45, 2.75) is 25.9 Å². The van der Waals surface area contributed by atoms with E-state index in [1.165, 1.54) is 5.56 Å².